The maximum absolute atomic E-state index is 13.2. The first-order valence-electron chi connectivity index (χ1n) is 10.2. The maximum atomic E-state index is 13.2. The van der Waals surface area contributed by atoms with Crippen LogP contribution in [0.2, 0.25) is 0 Å². The van der Waals surface area contributed by atoms with Crippen LogP contribution in [0.3, 0.4) is 0 Å². The Morgan fingerprint density at radius 3 is 2.41 bits per heavy atom. The van der Waals surface area contributed by atoms with Crippen molar-refractivity contribution in [1.29, 1.82) is 5.26 Å². The van der Waals surface area contributed by atoms with Crippen LogP contribution in [0.5, 0.6) is 17.2 Å². The van der Waals surface area contributed by atoms with Gasteiger partial charge in [-0.2, -0.15) is 5.26 Å². The second kappa shape index (κ2) is 9.55. The summed E-state index contributed by atoms with van der Waals surface area (Å²) < 4.78 is 16.4. The lowest BCUT2D eigenvalue weighted by Gasteiger charge is -2.41. The number of rotatable bonds is 6. The highest BCUT2D eigenvalue weighted by atomic mass is 32.2. The molecular formula is C24H25N3O4S. The lowest BCUT2D eigenvalue weighted by Crippen LogP contribution is -2.46. The SMILES string of the molecule is COc1cc(OC)c(C2CC(=O)N3CN(Cc4ccccc4)CSC3=C2C#N)cc1OC. The predicted molar refractivity (Wildman–Crippen MR) is 122 cm³/mol. The fraction of sp³-hybridized carbons (Fsp3) is 0.333. The zero-order valence-electron chi connectivity index (χ0n) is 18.3. The van der Waals surface area contributed by atoms with Gasteiger partial charge in [-0.05, 0) is 11.6 Å². The van der Waals surface area contributed by atoms with E-state index in [1.807, 2.05) is 18.2 Å². The molecule has 7 nitrogen and oxygen atoms in total. The van der Waals surface area contributed by atoms with Gasteiger partial charge in [0.15, 0.2) is 11.5 Å². The van der Waals surface area contributed by atoms with Crippen LogP contribution in [0.1, 0.15) is 23.5 Å². The number of amides is 1. The number of carbonyl (C=O) groups excluding carboxylic acids is 1. The Balaban J connectivity index is 1.67. The van der Waals surface area contributed by atoms with Gasteiger partial charge in [0.25, 0.3) is 0 Å². The summed E-state index contributed by atoms with van der Waals surface area (Å²) >= 11 is 1.53. The number of nitriles is 1. The summed E-state index contributed by atoms with van der Waals surface area (Å²) in [7, 11) is 4.68. The van der Waals surface area contributed by atoms with E-state index in [0.29, 0.717) is 35.4 Å². The first kappa shape index (κ1) is 22.1. The van der Waals surface area contributed by atoms with E-state index in [4.69, 9.17) is 14.2 Å². The minimum absolute atomic E-state index is 0.00824. The molecule has 0 spiro atoms. The average molecular weight is 452 g/mol. The van der Waals surface area contributed by atoms with Gasteiger partial charge in [0, 0.05) is 30.5 Å². The van der Waals surface area contributed by atoms with Gasteiger partial charge < -0.3 is 14.2 Å². The summed E-state index contributed by atoms with van der Waals surface area (Å²) in [6.45, 7) is 1.22. The smallest absolute Gasteiger partial charge is 0.229 e. The molecule has 1 fully saturated rings. The van der Waals surface area contributed by atoms with E-state index >= 15 is 0 Å². The molecule has 2 heterocycles. The molecule has 0 aromatic heterocycles. The third kappa shape index (κ3) is 4.14. The second-order valence-corrected chi connectivity index (χ2v) is 8.52. The Hall–Kier alpha value is -3.15. The summed E-state index contributed by atoms with van der Waals surface area (Å²) in [6.07, 6.45) is 0.192. The van der Waals surface area contributed by atoms with Crippen LogP contribution in [-0.4, -0.2) is 49.6 Å². The number of allylic oxidation sites excluding steroid dienone is 1. The number of hydrogen-bond donors (Lipinski definition) is 0. The topological polar surface area (TPSA) is 75.0 Å². The standard InChI is InChI=1S/C24H25N3O4S/c1-29-20-11-22(31-3)21(30-2)9-18(20)17-10-23(28)27-14-26(13-16-7-5-4-6-8-16)15-32-24(27)19(17)12-25/h4-9,11,17H,10,13-15H2,1-3H3. The molecule has 2 aromatic carbocycles. The number of nitrogens with zero attached hydrogens (tertiary/aromatic N) is 3. The Labute approximate surface area is 192 Å². The van der Waals surface area contributed by atoms with Crippen molar-refractivity contribution in [3.8, 4) is 23.3 Å². The van der Waals surface area contributed by atoms with E-state index < -0.39 is 5.92 Å². The van der Waals surface area contributed by atoms with Crippen molar-refractivity contribution in [2.75, 3.05) is 33.9 Å². The van der Waals surface area contributed by atoms with Gasteiger partial charge in [0.05, 0.1) is 50.5 Å². The molecule has 2 aromatic rings. The first-order valence-corrected chi connectivity index (χ1v) is 11.2. The molecule has 0 aliphatic carbocycles. The van der Waals surface area contributed by atoms with Gasteiger partial charge in [-0.1, -0.05) is 42.1 Å². The van der Waals surface area contributed by atoms with E-state index in [1.165, 1.54) is 17.3 Å². The number of methoxy groups -OCH3 is 3. The second-order valence-electron chi connectivity index (χ2n) is 7.59. The molecule has 8 heteroatoms. The van der Waals surface area contributed by atoms with Crippen molar-refractivity contribution in [2.45, 2.75) is 18.9 Å². The van der Waals surface area contributed by atoms with Crippen LogP contribution in [0.15, 0.2) is 53.1 Å². The van der Waals surface area contributed by atoms with E-state index in [9.17, 15) is 10.1 Å². The Morgan fingerprint density at radius 2 is 1.75 bits per heavy atom. The Morgan fingerprint density at radius 1 is 1.06 bits per heavy atom. The molecule has 166 valence electrons. The van der Waals surface area contributed by atoms with Gasteiger partial charge in [0.2, 0.25) is 5.91 Å². The van der Waals surface area contributed by atoms with E-state index in [1.54, 1.807) is 38.4 Å². The van der Waals surface area contributed by atoms with Crippen LogP contribution in [-0.2, 0) is 11.3 Å². The van der Waals surface area contributed by atoms with Crippen LogP contribution in [0, 0.1) is 11.3 Å². The van der Waals surface area contributed by atoms with Gasteiger partial charge in [0.1, 0.15) is 5.75 Å². The van der Waals surface area contributed by atoms with Crippen LogP contribution < -0.4 is 14.2 Å². The summed E-state index contributed by atoms with van der Waals surface area (Å²) in [5, 5.41) is 10.8. The van der Waals surface area contributed by atoms with Crippen LogP contribution >= 0.6 is 11.8 Å². The minimum atomic E-state index is -0.401. The molecule has 0 saturated carbocycles. The van der Waals surface area contributed by atoms with E-state index in [-0.39, 0.29) is 12.3 Å². The summed E-state index contributed by atoms with van der Waals surface area (Å²) in [5.41, 5.74) is 2.52. The molecule has 2 aliphatic rings. The maximum Gasteiger partial charge on any atom is 0.229 e. The molecular weight excluding hydrogens is 426 g/mol. The lowest BCUT2D eigenvalue weighted by molar-refractivity contribution is -0.131. The molecule has 1 atom stereocenters. The number of fused-ring (bicyclic) bond motifs is 1. The highest BCUT2D eigenvalue weighted by Gasteiger charge is 2.39. The molecule has 32 heavy (non-hydrogen) atoms. The van der Waals surface area contributed by atoms with Crippen LogP contribution in [0.25, 0.3) is 0 Å². The normalized spacial score (nSPS) is 18.8. The van der Waals surface area contributed by atoms with Crippen LogP contribution in [0.4, 0.5) is 0 Å². The summed E-state index contributed by atoms with van der Waals surface area (Å²) in [6, 6.07) is 16.1. The highest BCUT2D eigenvalue weighted by Crippen LogP contribution is 2.47. The Kier molecular flexibility index (Phi) is 6.58. The largest absolute Gasteiger partial charge is 0.496 e. The number of ether oxygens (including phenoxy) is 3. The summed E-state index contributed by atoms with van der Waals surface area (Å²) in [4.78, 5) is 17.1. The van der Waals surface area contributed by atoms with E-state index in [0.717, 1.165) is 17.1 Å². The van der Waals surface area contributed by atoms with Crippen molar-refractivity contribution in [3.63, 3.8) is 0 Å². The predicted octanol–water partition coefficient (Wildman–Crippen LogP) is 3.93. The fourth-order valence-electron chi connectivity index (χ4n) is 4.14. The number of carbonyl (C=O) groups is 1. The molecule has 1 amide bonds. The molecule has 4 rings (SSSR count). The van der Waals surface area contributed by atoms with Crippen molar-refractivity contribution in [2.24, 2.45) is 0 Å². The monoisotopic (exact) mass is 451 g/mol. The highest BCUT2D eigenvalue weighted by molar-refractivity contribution is 8.03. The zero-order chi connectivity index (χ0) is 22.7. The molecule has 2 aliphatic heterocycles. The molecule has 0 N–H and O–H groups in total. The average Bonchev–Trinajstić information content (AvgIpc) is 2.84. The third-order valence-electron chi connectivity index (χ3n) is 5.71. The number of benzene rings is 2. The fourth-order valence-corrected chi connectivity index (χ4v) is 5.28. The van der Waals surface area contributed by atoms with Crippen molar-refractivity contribution in [1.82, 2.24) is 9.80 Å². The van der Waals surface area contributed by atoms with Crippen molar-refractivity contribution in [3.05, 3.63) is 64.2 Å². The Bertz CT molecular complexity index is 1080. The van der Waals surface area contributed by atoms with Gasteiger partial charge in [-0.15, -0.1) is 0 Å². The quantitative estimate of drug-likeness (QED) is 0.659. The lowest BCUT2D eigenvalue weighted by atomic mass is 9.85. The zero-order valence-corrected chi connectivity index (χ0v) is 19.1. The van der Waals surface area contributed by atoms with Gasteiger partial charge in [-0.25, -0.2) is 0 Å². The van der Waals surface area contributed by atoms with Gasteiger partial charge in [-0.3, -0.25) is 14.6 Å². The van der Waals surface area contributed by atoms with Crippen molar-refractivity contribution < 1.29 is 19.0 Å². The molecule has 1 unspecified atom stereocenters. The van der Waals surface area contributed by atoms with Gasteiger partial charge >= 0.3 is 0 Å². The number of thioether (sulfide) groups is 1. The third-order valence-corrected chi connectivity index (χ3v) is 6.92. The summed E-state index contributed by atoms with van der Waals surface area (Å²) in [5.74, 6) is 1.92. The van der Waals surface area contributed by atoms with Crippen molar-refractivity contribution >= 4 is 17.7 Å². The molecule has 1 saturated heterocycles. The number of hydrogen-bond acceptors (Lipinski definition) is 7. The molecule has 0 bridgehead atoms. The minimum Gasteiger partial charge on any atom is -0.496 e. The van der Waals surface area contributed by atoms with E-state index in [2.05, 4.69) is 23.1 Å². The molecule has 0 radical (unpaired) electrons. The first-order chi connectivity index (χ1) is 15.6.